The summed E-state index contributed by atoms with van der Waals surface area (Å²) in [7, 11) is 0. The highest BCUT2D eigenvalue weighted by molar-refractivity contribution is 14.1. The van der Waals surface area contributed by atoms with Crippen LogP contribution < -0.4 is 0 Å². The van der Waals surface area contributed by atoms with E-state index in [9.17, 15) is 0 Å². The minimum Gasteiger partial charge on any atom is -0.231 e. The number of fused-ring (bicyclic) bond motifs is 1. The van der Waals surface area contributed by atoms with Crippen molar-refractivity contribution in [3.05, 3.63) is 32.7 Å². The van der Waals surface area contributed by atoms with E-state index in [2.05, 4.69) is 48.5 Å². The fourth-order valence-corrected chi connectivity index (χ4v) is 1.85. The molecular formula is C8H4BrIN2. The number of rotatable bonds is 0. The average Bonchev–Trinajstić information content (AvgIpc) is 2.04. The molecule has 1 aromatic heterocycles. The third-order valence-electron chi connectivity index (χ3n) is 1.54. The van der Waals surface area contributed by atoms with Crippen LogP contribution >= 0.6 is 38.5 Å². The second kappa shape index (κ2) is 3.26. The van der Waals surface area contributed by atoms with Gasteiger partial charge in [-0.15, -0.1) is 0 Å². The molecule has 2 aromatic rings. The molecule has 2 nitrogen and oxygen atoms in total. The molecule has 1 aromatic carbocycles. The van der Waals surface area contributed by atoms with E-state index < -0.39 is 0 Å². The molecule has 0 atom stereocenters. The number of halogens is 2. The van der Waals surface area contributed by atoms with Crippen LogP contribution in [-0.2, 0) is 0 Å². The largest absolute Gasteiger partial charge is 0.231 e. The molecule has 0 saturated carbocycles. The molecule has 0 aliphatic rings. The van der Waals surface area contributed by atoms with Crippen molar-refractivity contribution in [1.82, 2.24) is 9.97 Å². The molecule has 0 aliphatic heterocycles. The maximum atomic E-state index is 4.28. The molecule has 1 heterocycles. The smallest absolute Gasteiger partial charge is 0.191 e. The Kier molecular flexibility index (Phi) is 2.27. The van der Waals surface area contributed by atoms with Gasteiger partial charge in [-0.1, -0.05) is 22.0 Å². The monoisotopic (exact) mass is 334 g/mol. The second-order valence-electron chi connectivity index (χ2n) is 2.31. The molecule has 0 unspecified atom stereocenters. The summed E-state index contributed by atoms with van der Waals surface area (Å²) in [6.45, 7) is 0. The summed E-state index contributed by atoms with van der Waals surface area (Å²) in [5.41, 5.74) is 0.976. The average molecular weight is 335 g/mol. The molecule has 60 valence electrons. The maximum absolute atomic E-state index is 4.28. The van der Waals surface area contributed by atoms with Gasteiger partial charge in [0, 0.05) is 38.6 Å². The zero-order valence-corrected chi connectivity index (χ0v) is 9.70. The zero-order chi connectivity index (χ0) is 8.55. The highest BCUT2D eigenvalue weighted by Gasteiger charge is 1.99. The van der Waals surface area contributed by atoms with Crippen molar-refractivity contribution < 1.29 is 0 Å². The number of hydrogen-bond acceptors (Lipinski definition) is 2. The lowest BCUT2D eigenvalue weighted by molar-refractivity contribution is 1.15. The molecule has 0 fully saturated rings. The second-order valence-corrected chi connectivity index (χ2v) is 4.13. The van der Waals surface area contributed by atoms with Crippen LogP contribution in [0.3, 0.4) is 0 Å². The Morgan fingerprint density at radius 1 is 1.33 bits per heavy atom. The van der Waals surface area contributed by atoms with E-state index in [1.54, 1.807) is 0 Å². The molecule has 0 spiro atoms. The molecule has 0 amide bonds. The van der Waals surface area contributed by atoms with Crippen molar-refractivity contribution >= 4 is 49.4 Å². The van der Waals surface area contributed by atoms with E-state index in [4.69, 9.17) is 0 Å². The molecule has 0 aliphatic carbocycles. The van der Waals surface area contributed by atoms with Crippen LogP contribution in [0.2, 0.25) is 0 Å². The van der Waals surface area contributed by atoms with Crippen molar-refractivity contribution in [3.63, 3.8) is 0 Å². The first-order valence-corrected chi connectivity index (χ1v) is 5.21. The van der Waals surface area contributed by atoms with Gasteiger partial charge < -0.3 is 0 Å². The van der Waals surface area contributed by atoms with Crippen LogP contribution in [0, 0.1) is 3.83 Å². The fraction of sp³-hybridized carbons (Fsp3) is 0. The first-order valence-electron chi connectivity index (χ1n) is 3.34. The number of benzene rings is 1. The molecular weight excluding hydrogens is 331 g/mol. The lowest BCUT2D eigenvalue weighted by atomic mass is 10.2. The third-order valence-corrected chi connectivity index (χ3v) is 2.75. The van der Waals surface area contributed by atoms with Gasteiger partial charge in [-0.3, -0.25) is 0 Å². The molecule has 0 N–H and O–H groups in total. The normalized spacial score (nSPS) is 10.5. The minimum atomic E-state index is 0.776. The van der Waals surface area contributed by atoms with Crippen molar-refractivity contribution in [3.8, 4) is 0 Å². The predicted molar refractivity (Wildman–Crippen MR) is 60.0 cm³/mol. The quantitative estimate of drug-likeness (QED) is 0.547. The van der Waals surface area contributed by atoms with E-state index in [0.717, 1.165) is 19.2 Å². The fourth-order valence-electron chi connectivity index (χ4n) is 0.997. The Bertz CT molecular complexity index is 430. The van der Waals surface area contributed by atoms with Gasteiger partial charge in [0.05, 0.1) is 5.52 Å². The summed E-state index contributed by atoms with van der Waals surface area (Å²) in [6.07, 6.45) is 1.83. The number of nitrogens with zero attached hydrogens (tertiary/aromatic N) is 2. The van der Waals surface area contributed by atoms with Gasteiger partial charge in [-0.05, 0) is 12.1 Å². The van der Waals surface area contributed by atoms with Gasteiger partial charge in [0.15, 0.2) is 3.83 Å². The van der Waals surface area contributed by atoms with Gasteiger partial charge in [0.1, 0.15) is 0 Å². The van der Waals surface area contributed by atoms with Gasteiger partial charge in [-0.2, -0.15) is 0 Å². The van der Waals surface area contributed by atoms with E-state index >= 15 is 0 Å². The Morgan fingerprint density at radius 2 is 2.17 bits per heavy atom. The Labute approximate surface area is 91.7 Å². The summed E-state index contributed by atoms with van der Waals surface area (Å²) < 4.78 is 1.81. The van der Waals surface area contributed by atoms with Crippen molar-refractivity contribution in [1.29, 1.82) is 0 Å². The lowest BCUT2D eigenvalue weighted by Gasteiger charge is -1.98. The van der Waals surface area contributed by atoms with Crippen molar-refractivity contribution in [2.45, 2.75) is 0 Å². The number of hydrogen-bond donors (Lipinski definition) is 0. The summed E-state index contributed by atoms with van der Waals surface area (Å²) in [5, 5.41) is 1.05. The lowest BCUT2D eigenvalue weighted by Crippen LogP contribution is -1.87. The summed E-state index contributed by atoms with van der Waals surface area (Å²) in [6, 6.07) is 5.93. The summed E-state index contributed by atoms with van der Waals surface area (Å²) >= 11 is 5.54. The van der Waals surface area contributed by atoms with Crippen LogP contribution in [0.1, 0.15) is 0 Å². The highest BCUT2D eigenvalue weighted by Crippen LogP contribution is 2.21. The predicted octanol–water partition coefficient (Wildman–Crippen LogP) is 3.00. The van der Waals surface area contributed by atoms with Gasteiger partial charge in [-0.25, -0.2) is 9.97 Å². The Balaban J connectivity index is 2.86. The van der Waals surface area contributed by atoms with Crippen LogP contribution in [0.5, 0.6) is 0 Å². The summed E-state index contributed by atoms with van der Waals surface area (Å²) in [4.78, 5) is 8.40. The molecule has 0 radical (unpaired) electrons. The van der Waals surface area contributed by atoms with Crippen molar-refractivity contribution in [2.24, 2.45) is 0 Å². The third kappa shape index (κ3) is 1.45. The molecule has 4 heteroatoms. The number of aromatic nitrogens is 2. The highest BCUT2D eigenvalue weighted by atomic mass is 127. The molecule has 2 rings (SSSR count). The van der Waals surface area contributed by atoms with Crippen LogP contribution in [0.4, 0.5) is 0 Å². The van der Waals surface area contributed by atoms with Crippen LogP contribution in [-0.4, -0.2) is 9.97 Å². The van der Waals surface area contributed by atoms with Gasteiger partial charge >= 0.3 is 0 Å². The topological polar surface area (TPSA) is 25.8 Å². The van der Waals surface area contributed by atoms with Crippen LogP contribution in [0.25, 0.3) is 10.9 Å². The van der Waals surface area contributed by atoms with Crippen LogP contribution in [0.15, 0.2) is 28.9 Å². The van der Waals surface area contributed by atoms with E-state index in [-0.39, 0.29) is 0 Å². The van der Waals surface area contributed by atoms with Gasteiger partial charge in [0.25, 0.3) is 0 Å². The van der Waals surface area contributed by atoms with E-state index in [1.807, 2.05) is 24.4 Å². The summed E-state index contributed by atoms with van der Waals surface area (Å²) in [5.74, 6) is 0. The SMILES string of the molecule is Brc1cccc2nc(I)ncc12. The molecule has 0 bridgehead atoms. The first kappa shape index (κ1) is 8.37. The molecule has 12 heavy (non-hydrogen) atoms. The van der Waals surface area contributed by atoms with E-state index in [1.165, 1.54) is 0 Å². The maximum Gasteiger partial charge on any atom is 0.191 e. The van der Waals surface area contributed by atoms with E-state index in [0.29, 0.717) is 0 Å². The first-order chi connectivity index (χ1) is 5.77. The van der Waals surface area contributed by atoms with Gasteiger partial charge in [0.2, 0.25) is 0 Å². The van der Waals surface area contributed by atoms with Crippen molar-refractivity contribution in [2.75, 3.05) is 0 Å². The Morgan fingerprint density at radius 3 is 3.00 bits per heavy atom. The zero-order valence-electron chi connectivity index (χ0n) is 5.96. The Hall–Kier alpha value is -0.230. The standard InChI is InChI=1S/C8H4BrIN2/c9-6-2-1-3-7-5(6)4-11-8(10)12-7/h1-4H. The molecule has 0 saturated heterocycles. The minimum absolute atomic E-state index is 0.776.